The van der Waals surface area contributed by atoms with Gasteiger partial charge >= 0.3 is 0 Å². The Kier molecular flexibility index (Phi) is 6.25. The Morgan fingerprint density at radius 1 is 1.04 bits per heavy atom. The van der Waals surface area contributed by atoms with Crippen LogP contribution in [0, 0.1) is 0 Å². The van der Waals surface area contributed by atoms with Crippen LogP contribution < -0.4 is 19.5 Å². The normalized spacial score (nSPS) is 10.5. The number of rotatable bonds is 7. The molecular formula is C19H21NO4. The molecule has 24 heavy (non-hydrogen) atoms. The molecule has 0 unspecified atom stereocenters. The molecule has 2 aromatic rings. The van der Waals surface area contributed by atoms with E-state index in [9.17, 15) is 4.79 Å². The fourth-order valence-electron chi connectivity index (χ4n) is 2.16. The van der Waals surface area contributed by atoms with Crippen LogP contribution in [0.5, 0.6) is 17.2 Å². The zero-order chi connectivity index (χ0) is 17.4. The quantitative estimate of drug-likeness (QED) is 0.787. The second-order valence-corrected chi connectivity index (χ2v) is 4.87. The minimum absolute atomic E-state index is 0.243. The molecule has 0 saturated carbocycles. The SMILES string of the molecule is CCOc1ccc(/C=C/C(=O)Nc2ccccc2OC)cc1OC. The summed E-state index contributed by atoms with van der Waals surface area (Å²) >= 11 is 0. The summed E-state index contributed by atoms with van der Waals surface area (Å²) in [5.41, 5.74) is 1.46. The Hall–Kier alpha value is -2.95. The first kappa shape index (κ1) is 17.4. The number of carbonyl (C=O) groups is 1. The van der Waals surface area contributed by atoms with Crippen molar-refractivity contribution in [2.75, 3.05) is 26.1 Å². The van der Waals surface area contributed by atoms with Gasteiger partial charge in [0.05, 0.1) is 26.5 Å². The lowest BCUT2D eigenvalue weighted by molar-refractivity contribution is -0.111. The van der Waals surface area contributed by atoms with Gasteiger partial charge in [-0.1, -0.05) is 18.2 Å². The summed E-state index contributed by atoms with van der Waals surface area (Å²) in [6.45, 7) is 2.47. The maximum atomic E-state index is 12.1. The van der Waals surface area contributed by atoms with Gasteiger partial charge in [-0.2, -0.15) is 0 Å². The van der Waals surface area contributed by atoms with Crippen LogP contribution in [-0.4, -0.2) is 26.7 Å². The van der Waals surface area contributed by atoms with Crippen LogP contribution in [0.1, 0.15) is 12.5 Å². The maximum absolute atomic E-state index is 12.1. The summed E-state index contributed by atoms with van der Waals surface area (Å²) in [4.78, 5) is 12.1. The van der Waals surface area contributed by atoms with Gasteiger partial charge in [0.25, 0.3) is 0 Å². The number of methoxy groups -OCH3 is 2. The molecule has 0 atom stereocenters. The molecule has 2 rings (SSSR count). The molecule has 0 bridgehead atoms. The van der Waals surface area contributed by atoms with Crippen molar-refractivity contribution < 1.29 is 19.0 Å². The standard InChI is InChI=1S/C19H21NO4/c1-4-24-17-11-9-14(13-18(17)23-3)10-12-19(21)20-15-7-5-6-8-16(15)22-2/h5-13H,4H2,1-3H3,(H,20,21)/b12-10+. The van der Waals surface area contributed by atoms with Gasteiger partial charge < -0.3 is 19.5 Å². The number of para-hydroxylation sites is 2. The van der Waals surface area contributed by atoms with Crippen LogP contribution in [-0.2, 0) is 4.79 Å². The molecule has 0 spiro atoms. The second-order valence-electron chi connectivity index (χ2n) is 4.87. The number of anilines is 1. The number of hydrogen-bond donors (Lipinski definition) is 1. The third-order valence-electron chi connectivity index (χ3n) is 3.28. The number of ether oxygens (including phenoxy) is 3. The number of nitrogens with one attached hydrogen (secondary N) is 1. The third-order valence-corrected chi connectivity index (χ3v) is 3.28. The molecule has 2 aromatic carbocycles. The molecule has 5 heteroatoms. The van der Waals surface area contributed by atoms with Gasteiger partial charge in [0, 0.05) is 6.08 Å². The van der Waals surface area contributed by atoms with E-state index in [-0.39, 0.29) is 5.91 Å². The molecule has 5 nitrogen and oxygen atoms in total. The van der Waals surface area contributed by atoms with Crippen molar-refractivity contribution in [3.8, 4) is 17.2 Å². The van der Waals surface area contributed by atoms with Crippen LogP contribution in [0.3, 0.4) is 0 Å². The fraction of sp³-hybridized carbons (Fsp3) is 0.211. The van der Waals surface area contributed by atoms with Gasteiger partial charge in [-0.15, -0.1) is 0 Å². The Labute approximate surface area is 141 Å². The van der Waals surface area contributed by atoms with Crippen LogP contribution in [0.25, 0.3) is 6.08 Å². The van der Waals surface area contributed by atoms with E-state index in [1.165, 1.54) is 6.08 Å². The summed E-state index contributed by atoms with van der Waals surface area (Å²) in [5, 5.41) is 2.79. The summed E-state index contributed by atoms with van der Waals surface area (Å²) in [6.07, 6.45) is 3.17. The Bertz CT molecular complexity index is 725. The first-order chi connectivity index (χ1) is 11.7. The van der Waals surface area contributed by atoms with Gasteiger partial charge in [0.15, 0.2) is 11.5 Å². The number of amides is 1. The largest absolute Gasteiger partial charge is 0.495 e. The fourth-order valence-corrected chi connectivity index (χ4v) is 2.16. The smallest absolute Gasteiger partial charge is 0.248 e. The molecule has 0 aliphatic heterocycles. The van der Waals surface area contributed by atoms with Crippen LogP contribution in [0.2, 0.25) is 0 Å². The lowest BCUT2D eigenvalue weighted by Gasteiger charge is -2.09. The van der Waals surface area contributed by atoms with E-state index in [1.807, 2.05) is 37.3 Å². The minimum Gasteiger partial charge on any atom is -0.495 e. The lowest BCUT2D eigenvalue weighted by Crippen LogP contribution is -2.08. The number of carbonyl (C=O) groups excluding carboxylic acids is 1. The average Bonchev–Trinajstić information content (AvgIpc) is 2.61. The predicted octanol–water partition coefficient (Wildman–Crippen LogP) is 3.75. The molecule has 126 valence electrons. The van der Waals surface area contributed by atoms with E-state index >= 15 is 0 Å². The Balaban J connectivity index is 2.08. The highest BCUT2D eigenvalue weighted by atomic mass is 16.5. The summed E-state index contributed by atoms with van der Waals surface area (Å²) in [6, 6.07) is 12.7. The van der Waals surface area contributed by atoms with Gasteiger partial charge in [0.2, 0.25) is 5.91 Å². The zero-order valence-corrected chi connectivity index (χ0v) is 14.0. The van der Waals surface area contributed by atoms with Gasteiger partial charge in [0.1, 0.15) is 5.75 Å². The van der Waals surface area contributed by atoms with Gasteiger partial charge in [-0.3, -0.25) is 4.79 Å². The van der Waals surface area contributed by atoms with Crippen LogP contribution in [0.15, 0.2) is 48.5 Å². The minimum atomic E-state index is -0.243. The zero-order valence-electron chi connectivity index (χ0n) is 14.0. The molecule has 0 aromatic heterocycles. The van der Waals surface area contributed by atoms with E-state index in [1.54, 1.807) is 32.4 Å². The monoisotopic (exact) mass is 327 g/mol. The van der Waals surface area contributed by atoms with Crippen molar-refractivity contribution in [3.63, 3.8) is 0 Å². The van der Waals surface area contributed by atoms with E-state index in [2.05, 4.69) is 5.32 Å². The van der Waals surface area contributed by atoms with Gasteiger partial charge in [-0.25, -0.2) is 0 Å². The van der Waals surface area contributed by atoms with E-state index in [4.69, 9.17) is 14.2 Å². The van der Waals surface area contributed by atoms with Crippen molar-refractivity contribution in [2.45, 2.75) is 6.92 Å². The molecule has 1 amide bonds. The predicted molar refractivity (Wildman–Crippen MR) is 94.8 cm³/mol. The Morgan fingerprint density at radius 3 is 2.50 bits per heavy atom. The average molecular weight is 327 g/mol. The number of hydrogen-bond acceptors (Lipinski definition) is 4. The van der Waals surface area contributed by atoms with E-state index < -0.39 is 0 Å². The highest BCUT2D eigenvalue weighted by Gasteiger charge is 2.06. The van der Waals surface area contributed by atoms with Crippen molar-refractivity contribution in [1.82, 2.24) is 0 Å². The van der Waals surface area contributed by atoms with Crippen molar-refractivity contribution in [1.29, 1.82) is 0 Å². The highest BCUT2D eigenvalue weighted by molar-refractivity contribution is 6.02. The highest BCUT2D eigenvalue weighted by Crippen LogP contribution is 2.28. The topological polar surface area (TPSA) is 56.8 Å². The molecular weight excluding hydrogens is 306 g/mol. The molecule has 0 aliphatic carbocycles. The van der Waals surface area contributed by atoms with Crippen LogP contribution in [0.4, 0.5) is 5.69 Å². The first-order valence-corrected chi connectivity index (χ1v) is 7.60. The van der Waals surface area contributed by atoms with Crippen LogP contribution >= 0.6 is 0 Å². The number of benzene rings is 2. The third kappa shape index (κ3) is 4.52. The van der Waals surface area contributed by atoms with Crippen molar-refractivity contribution in [3.05, 3.63) is 54.1 Å². The Morgan fingerprint density at radius 2 is 1.79 bits per heavy atom. The lowest BCUT2D eigenvalue weighted by atomic mass is 10.2. The molecule has 0 fully saturated rings. The summed E-state index contributed by atoms with van der Waals surface area (Å²) in [7, 11) is 3.15. The molecule has 0 heterocycles. The summed E-state index contributed by atoms with van der Waals surface area (Å²) in [5.74, 6) is 1.68. The molecule has 0 saturated heterocycles. The first-order valence-electron chi connectivity index (χ1n) is 7.60. The van der Waals surface area contributed by atoms with E-state index in [0.29, 0.717) is 29.5 Å². The molecule has 0 aliphatic rings. The maximum Gasteiger partial charge on any atom is 0.248 e. The molecule has 1 N–H and O–H groups in total. The second kappa shape index (κ2) is 8.62. The van der Waals surface area contributed by atoms with Gasteiger partial charge in [-0.05, 0) is 42.8 Å². The van der Waals surface area contributed by atoms with E-state index in [0.717, 1.165) is 5.56 Å². The van der Waals surface area contributed by atoms with Crippen molar-refractivity contribution >= 4 is 17.7 Å². The molecule has 0 radical (unpaired) electrons. The van der Waals surface area contributed by atoms with Crippen molar-refractivity contribution in [2.24, 2.45) is 0 Å². The summed E-state index contributed by atoms with van der Waals surface area (Å²) < 4.78 is 16.0.